The second kappa shape index (κ2) is 9.73. The minimum Gasteiger partial charge on any atom is -0.362 e. The number of hydrogen-bond donors (Lipinski definition) is 3. The van der Waals surface area contributed by atoms with Gasteiger partial charge in [-0.3, -0.25) is 0 Å². The predicted octanol–water partition coefficient (Wildman–Crippen LogP) is 4.46. The summed E-state index contributed by atoms with van der Waals surface area (Å²) in [6.07, 6.45) is 5.60. The van der Waals surface area contributed by atoms with Gasteiger partial charge in [-0.2, -0.15) is 4.98 Å². The minimum atomic E-state index is -0.486. The standard InChI is InChI=1S/C23H33ClN6O/c1-15-14-25-21(28-20(15)30(4)5)26-18-10-12-19(13-11-18)27-22(31)29-23(2,3)16-6-8-17(24)9-7-16/h6-9,14,18-19H,10-13H2,1-5H3,(H,25,26,28)(H2,27,29,31). The van der Waals surface area contributed by atoms with Crippen LogP contribution >= 0.6 is 11.6 Å². The van der Waals surface area contributed by atoms with Crippen LogP contribution in [-0.2, 0) is 5.54 Å². The van der Waals surface area contributed by atoms with E-state index in [1.54, 1.807) is 0 Å². The lowest BCUT2D eigenvalue weighted by Gasteiger charge is -2.32. The maximum atomic E-state index is 12.6. The molecule has 1 aliphatic carbocycles. The quantitative estimate of drug-likeness (QED) is 0.612. The molecular formula is C23H33ClN6O. The van der Waals surface area contributed by atoms with E-state index in [2.05, 4.69) is 25.9 Å². The first-order valence-electron chi connectivity index (χ1n) is 10.8. The molecule has 1 saturated carbocycles. The number of amides is 2. The molecular weight excluding hydrogens is 412 g/mol. The van der Waals surface area contributed by atoms with Gasteiger partial charge >= 0.3 is 6.03 Å². The number of carbonyl (C=O) groups is 1. The lowest BCUT2D eigenvalue weighted by molar-refractivity contribution is 0.221. The van der Waals surface area contributed by atoms with E-state index in [1.807, 2.05) is 70.2 Å². The predicted molar refractivity (Wildman–Crippen MR) is 127 cm³/mol. The molecule has 1 aromatic carbocycles. The Morgan fingerprint density at radius 1 is 1.10 bits per heavy atom. The first kappa shape index (κ1) is 23.1. The number of urea groups is 1. The third kappa shape index (κ3) is 6.23. The van der Waals surface area contributed by atoms with Gasteiger partial charge in [-0.15, -0.1) is 0 Å². The van der Waals surface area contributed by atoms with E-state index in [1.165, 1.54) is 0 Å². The number of anilines is 2. The van der Waals surface area contributed by atoms with E-state index in [4.69, 9.17) is 11.6 Å². The smallest absolute Gasteiger partial charge is 0.315 e. The molecule has 0 spiro atoms. The summed E-state index contributed by atoms with van der Waals surface area (Å²) in [5.74, 6) is 1.58. The Morgan fingerprint density at radius 2 is 1.71 bits per heavy atom. The number of benzene rings is 1. The largest absolute Gasteiger partial charge is 0.362 e. The van der Waals surface area contributed by atoms with Crippen molar-refractivity contribution in [3.8, 4) is 0 Å². The van der Waals surface area contributed by atoms with Crippen LogP contribution in [0.15, 0.2) is 30.5 Å². The molecule has 8 heteroatoms. The topological polar surface area (TPSA) is 82.2 Å². The van der Waals surface area contributed by atoms with Crippen molar-refractivity contribution in [2.24, 2.45) is 0 Å². The molecule has 3 rings (SSSR count). The summed E-state index contributed by atoms with van der Waals surface area (Å²) < 4.78 is 0. The lowest BCUT2D eigenvalue weighted by Crippen LogP contribution is -2.50. The van der Waals surface area contributed by atoms with Crippen molar-refractivity contribution in [2.75, 3.05) is 24.3 Å². The van der Waals surface area contributed by atoms with E-state index < -0.39 is 5.54 Å². The minimum absolute atomic E-state index is 0.145. The maximum absolute atomic E-state index is 12.6. The lowest BCUT2D eigenvalue weighted by atomic mass is 9.91. The zero-order valence-electron chi connectivity index (χ0n) is 19.0. The molecule has 1 fully saturated rings. The summed E-state index contributed by atoms with van der Waals surface area (Å²) in [4.78, 5) is 23.6. The molecule has 1 heterocycles. The number of aryl methyl sites for hydroxylation is 1. The van der Waals surface area contributed by atoms with Gasteiger partial charge in [0.15, 0.2) is 0 Å². The number of halogens is 1. The van der Waals surface area contributed by atoms with Crippen LogP contribution < -0.4 is 20.9 Å². The van der Waals surface area contributed by atoms with Crippen LogP contribution in [0, 0.1) is 6.92 Å². The third-order valence-electron chi connectivity index (χ3n) is 5.76. The van der Waals surface area contributed by atoms with Gasteiger partial charge in [0.25, 0.3) is 0 Å². The van der Waals surface area contributed by atoms with Gasteiger partial charge in [-0.1, -0.05) is 23.7 Å². The Balaban J connectivity index is 1.48. The molecule has 7 nitrogen and oxygen atoms in total. The number of rotatable bonds is 6. The first-order valence-corrected chi connectivity index (χ1v) is 11.1. The first-order chi connectivity index (χ1) is 14.6. The number of carbonyl (C=O) groups excluding carboxylic acids is 1. The van der Waals surface area contributed by atoms with Crippen molar-refractivity contribution in [1.82, 2.24) is 20.6 Å². The number of nitrogens with zero attached hydrogens (tertiary/aromatic N) is 3. The molecule has 0 atom stereocenters. The van der Waals surface area contributed by atoms with Crippen molar-refractivity contribution < 1.29 is 4.79 Å². The average Bonchev–Trinajstić information content (AvgIpc) is 2.70. The number of aromatic nitrogens is 2. The fourth-order valence-electron chi connectivity index (χ4n) is 3.96. The van der Waals surface area contributed by atoms with Crippen molar-refractivity contribution >= 4 is 29.4 Å². The fourth-order valence-corrected chi connectivity index (χ4v) is 4.09. The maximum Gasteiger partial charge on any atom is 0.315 e. The highest BCUT2D eigenvalue weighted by molar-refractivity contribution is 6.30. The van der Waals surface area contributed by atoms with Gasteiger partial charge in [0, 0.05) is 43.0 Å². The molecule has 0 saturated heterocycles. The van der Waals surface area contributed by atoms with E-state index in [9.17, 15) is 4.79 Å². The third-order valence-corrected chi connectivity index (χ3v) is 6.01. The second-order valence-electron chi connectivity index (χ2n) is 9.02. The molecule has 2 aromatic rings. The summed E-state index contributed by atoms with van der Waals surface area (Å²) >= 11 is 5.97. The zero-order chi connectivity index (χ0) is 22.6. The fraction of sp³-hybridized carbons (Fsp3) is 0.522. The second-order valence-corrected chi connectivity index (χ2v) is 9.45. The average molecular weight is 445 g/mol. The summed E-state index contributed by atoms with van der Waals surface area (Å²) in [6, 6.07) is 7.88. The van der Waals surface area contributed by atoms with E-state index in [-0.39, 0.29) is 12.1 Å². The molecule has 0 bridgehead atoms. The summed E-state index contributed by atoms with van der Waals surface area (Å²) in [5, 5.41) is 10.3. The van der Waals surface area contributed by atoms with Crippen molar-refractivity contribution in [1.29, 1.82) is 0 Å². The van der Waals surface area contributed by atoms with Gasteiger partial charge in [-0.25, -0.2) is 9.78 Å². The van der Waals surface area contributed by atoms with Crippen molar-refractivity contribution in [3.63, 3.8) is 0 Å². The van der Waals surface area contributed by atoms with Crippen LogP contribution in [0.1, 0.15) is 50.7 Å². The summed E-state index contributed by atoms with van der Waals surface area (Å²) in [5.41, 5.74) is 1.58. The molecule has 0 radical (unpaired) electrons. The van der Waals surface area contributed by atoms with Crippen molar-refractivity contribution in [2.45, 2.75) is 64.1 Å². The Hall–Kier alpha value is -2.54. The monoisotopic (exact) mass is 444 g/mol. The van der Waals surface area contributed by atoms with Crippen LogP contribution in [-0.4, -0.2) is 42.2 Å². The SMILES string of the molecule is Cc1cnc(NC2CCC(NC(=O)NC(C)(C)c3ccc(Cl)cc3)CC2)nc1N(C)C. The number of nitrogens with one attached hydrogen (secondary N) is 3. The highest BCUT2D eigenvalue weighted by Crippen LogP contribution is 2.24. The van der Waals surface area contributed by atoms with Crippen LogP contribution in [0.2, 0.25) is 5.02 Å². The highest BCUT2D eigenvalue weighted by atomic mass is 35.5. The molecule has 0 unspecified atom stereocenters. The van der Waals surface area contributed by atoms with Crippen molar-refractivity contribution in [3.05, 3.63) is 46.6 Å². The molecule has 2 amide bonds. The van der Waals surface area contributed by atoms with E-state index in [0.29, 0.717) is 17.0 Å². The number of hydrogen-bond acceptors (Lipinski definition) is 5. The Morgan fingerprint density at radius 3 is 2.32 bits per heavy atom. The van der Waals surface area contributed by atoms with E-state index in [0.717, 1.165) is 42.6 Å². The molecule has 3 N–H and O–H groups in total. The zero-order valence-corrected chi connectivity index (χ0v) is 19.8. The Kier molecular flexibility index (Phi) is 7.26. The molecule has 1 aromatic heterocycles. The molecule has 31 heavy (non-hydrogen) atoms. The summed E-state index contributed by atoms with van der Waals surface area (Å²) in [6.45, 7) is 5.98. The van der Waals surface area contributed by atoms with Gasteiger partial charge in [0.1, 0.15) is 5.82 Å². The van der Waals surface area contributed by atoms with Gasteiger partial charge in [-0.05, 0) is 64.2 Å². The van der Waals surface area contributed by atoms with Crippen LogP contribution in [0.5, 0.6) is 0 Å². The van der Waals surface area contributed by atoms with Gasteiger partial charge in [0.05, 0.1) is 5.54 Å². The van der Waals surface area contributed by atoms with E-state index >= 15 is 0 Å². The van der Waals surface area contributed by atoms with Crippen LogP contribution in [0.3, 0.4) is 0 Å². The highest BCUT2D eigenvalue weighted by Gasteiger charge is 2.26. The van der Waals surface area contributed by atoms with Crippen LogP contribution in [0.25, 0.3) is 0 Å². The van der Waals surface area contributed by atoms with Gasteiger partial charge in [0.2, 0.25) is 5.95 Å². The molecule has 1 aliphatic rings. The molecule has 0 aliphatic heterocycles. The van der Waals surface area contributed by atoms with Crippen LogP contribution in [0.4, 0.5) is 16.6 Å². The normalized spacial score (nSPS) is 18.9. The Bertz CT molecular complexity index is 891. The van der Waals surface area contributed by atoms with Gasteiger partial charge < -0.3 is 20.9 Å². The molecule has 168 valence electrons. The Labute approximate surface area is 190 Å². The summed E-state index contributed by atoms with van der Waals surface area (Å²) in [7, 11) is 3.96.